The van der Waals surface area contributed by atoms with Crippen LogP contribution in [0.3, 0.4) is 0 Å². The number of anilines is 1. The molecule has 21 heavy (non-hydrogen) atoms. The number of rotatable bonds is 3. The van der Waals surface area contributed by atoms with E-state index in [0.717, 1.165) is 11.6 Å². The van der Waals surface area contributed by atoms with Crippen molar-refractivity contribution in [1.82, 2.24) is 0 Å². The SMILES string of the molecule is Cc1ccc(S(=O)(=O)Cc2ccc(F)c(C#N)c2)c(N)c1. The number of nitrogens with two attached hydrogens (primary N) is 1. The lowest BCUT2D eigenvalue weighted by atomic mass is 10.1. The molecule has 0 aromatic heterocycles. The molecule has 0 radical (unpaired) electrons. The van der Waals surface area contributed by atoms with Crippen molar-refractivity contribution >= 4 is 15.5 Å². The van der Waals surface area contributed by atoms with Gasteiger partial charge in [-0.1, -0.05) is 12.1 Å². The quantitative estimate of drug-likeness (QED) is 0.883. The summed E-state index contributed by atoms with van der Waals surface area (Å²) >= 11 is 0. The molecular formula is C15H13FN2O2S. The average Bonchev–Trinajstić information content (AvgIpc) is 2.40. The highest BCUT2D eigenvalue weighted by molar-refractivity contribution is 7.90. The molecule has 2 N–H and O–H groups in total. The Labute approximate surface area is 122 Å². The Bertz CT molecular complexity index is 839. The number of halogens is 1. The van der Waals surface area contributed by atoms with Crippen molar-refractivity contribution in [3.05, 3.63) is 58.9 Å². The van der Waals surface area contributed by atoms with E-state index in [9.17, 15) is 12.8 Å². The van der Waals surface area contributed by atoms with Gasteiger partial charge in [-0.15, -0.1) is 0 Å². The van der Waals surface area contributed by atoms with Crippen molar-refractivity contribution < 1.29 is 12.8 Å². The first-order chi connectivity index (χ1) is 9.83. The zero-order chi connectivity index (χ0) is 15.6. The summed E-state index contributed by atoms with van der Waals surface area (Å²) in [6.07, 6.45) is 0. The third-order valence-corrected chi connectivity index (χ3v) is 4.76. The Hall–Kier alpha value is -2.39. The number of sulfone groups is 1. The number of nitrogen functional groups attached to an aromatic ring is 1. The van der Waals surface area contributed by atoms with Crippen LogP contribution in [0.4, 0.5) is 10.1 Å². The molecular weight excluding hydrogens is 291 g/mol. The van der Waals surface area contributed by atoms with E-state index in [1.165, 1.54) is 18.2 Å². The van der Waals surface area contributed by atoms with E-state index in [0.29, 0.717) is 5.56 Å². The predicted octanol–water partition coefficient (Wildman–Crippen LogP) is 2.56. The third kappa shape index (κ3) is 3.20. The maximum Gasteiger partial charge on any atom is 0.184 e. The van der Waals surface area contributed by atoms with Gasteiger partial charge in [-0.3, -0.25) is 0 Å². The topological polar surface area (TPSA) is 84.0 Å². The number of hydrogen-bond acceptors (Lipinski definition) is 4. The van der Waals surface area contributed by atoms with E-state index in [1.54, 1.807) is 18.2 Å². The molecule has 0 saturated heterocycles. The summed E-state index contributed by atoms with van der Waals surface area (Å²) in [6, 6.07) is 10.0. The van der Waals surface area contributed by atoms with Crippen LogP contribution in [-0.4, -0.2) is 8.42 Å². The highest BCUT2D eigenvalue weighted by atomic mass is 32.2. The first-order valence-corrected chi connectivity index (χ1v) is 7.76. The molecule has 0 aliphatic rings. The molecule has 0 spiro atoms. The molecule has 2 aromatic carbocycles. The van der Waals surface area contributed by atoms with Gasteiger partial charge in [0.05, 0.1) is 21.9 Å². The molecule has 108 valence electrons. The van der Waals surface area contributed by atoms with Crippen LogP contribution in [0, 0.1) is 24.1 Å². The summed E-state index contributed by atoms with van der Waals surface area (Å²) in [7, 11) is -3.66. The summed E-state index contributed by atoms with van der Waals surface area (Å²) < 4.78 is 38.0. The van der Waals surface area contributed by atoms with Crippen LogP contribution in [-0.2, 0) is 15.6 Å². The van der Waals surface area contributed by atoms with Crippen LogP contribution < -0.4 is 5.73 Å². The first kappa shape index (κ1) is 15.0. The minimum atomic E-state index is -3.66. The second-order valence-electron chi connectivity index (χ2n) is 4.73. The van der Waals surface area contributed by atoms with Crippen LogP contribution in [0.15, 0.2) is 41.3 Å². The molecule has 0 heterocycles. The highest BCUT2D eigenvalue weighted by Crippen LogP contribution is 2.24. The third-order valence-electron chi connectivity index (χ3n) is 3.01. The van der Waals surface area contributed by atoms with Gasteiger partial charge in [0.25, 0.3) is 0 Å². The summed E-state index contributed by atoms with van der Waals surface area (Å²) in [5.41, 5.74) is 6.95. The fourth-order valence-electron chi connectivity index (χ4n) is 2.00. The van der Waals surface area contributed by atoms with Gasteiger partial charge in [0.15, 0.2) is 9.84 Å². The Balaban J connectivity index is 2.40. The Morgan fingerprint density at radius 2 is 1.95 bits per heavy atom. The van der Waals surface area contributed by atoms with Crippen molar-refractivity contribution in [2.75, 3.05) is 5.73 Å². The normalized spacial score (nSPS) is 11.1. The number of nitriles is 1. The van der Waals surface area contributed by atoms with Crippen molar-refractivity contribution in [2.45, 2.75) is 17.6 Å². The molecule has 0 aliphatic heterocycles. The van der Waals surface area contributed by atoms with Crippen molar-refractivity contribution in [1.29, 1.82) is 5.26 Å². The fourth-order valence-corrected chi connectivity index (χ4v) is 3.46. The van der Waals surface area contributed by atoms with Gasteiger partial charge in [0, 0.05) is 0 Å². The second-order valence-corrected chi connectivity index (χ2v) is 6.68. The lowest BCUT2D eigenvalue weighted by Gasteiger charge is -2.09. The second kappa shape index (κ2) is 5.54. The van der Waals surface area contributed by atoms with Gasteiger partial charge in [0.1, 0.15) is 11.9 Å². The van der Waals surface area contributed by atoms with E-state index in [4.69, 9.17) is 11.0 Å². The zero-order valence-electron chi connectivity index (χ0n) is 11.3. The van der Waals surface area contributed by atoms with Gasteiger partial charge < -0.3 is 5.73 Å². The summed E-state index contributed by atoms with van der Waals surface area (Å²) in [5, 5.41) is 8.77. The van der Waals surface area contributed by atoms with Gasteiger partial charge in [-0.05, 0) is 42.3 Å². The van der Waals surface area contributed by atoms with Gasteiger partial charge >= 0.3 is 0 Å². The number of aryl methyl sites for hydroxylation is 1. The average molecular weight is 304 g/mol. The van der Waals surface area contributed by atoms with Gasteiger partial charge in [0.2, 0.25) is 0 Å². The molecule has 0 fully saturated rings. The number of hydrogen-bond donors (Lipinski definition) is 1. The first-order valence-electron chi connectivity index (χ1n) is 6.11. The zero-order valence-corrected chi connectivity index (χ0v) is 12.1. The molecule has 4 nitrogen and oxygen atoms in total. The van der Waals surface area contributed by atoms with Crippen molar-refractivity contribution in [3.8, 4) is 6.07 Å². The Morgan fingerprint density at radius 1 is 1.24 bits per heavy atom. The van der Waals surface area contributed by atoms with Crippen molar-refractivity contribution in [2.24, 2.45) is 0 Å². The molecule has 0 saturated carbocycles. The summed E-state index contributed by atoms with van der Waals surface area (Å²) in [5.74, 6) is -1.01. The van der Waals surface area contributed by atoms with Crippen LogP contribution in [0.5, 0.6) is 0 Å². The Morgan fingerprint density at radius 3 is 2.57 bits per heavy atom. The van der Waals surface area contributed by atoms with E-state index in [2.05, 4.69) is 0 Å². The summed E-state index contributed by atoms with van der Waals surface area (Å²) in [6.45, 7) is 1.81. The van der Waals surface area contributed by atoms with Gasteiger partial charge in [-0.2, -0.15) is 5.26 Å². The van der Waals surface area contributed by atoms with Crippen molar-refractivity contribution in [3.63, 3.8) is 0 Å². The maximum absolute atomic E-state index is 13.2. The summed E-state index contributed by atoms with van der Waals surface area (Å²) in [4.78, 5) is 0.0379. The standard InChI is InChI=1S/C15H13FN2O2S/c1-10-2-5-15(14(18)6-10)21(19,20)9-11-3-4-13(16)12(7-11)8-17/h2-7H,9,18H2,1H3. The minimum absolute atomic E-state index is 0.0379. The number of benzene rings is 2. The van der Waals surface area contributed by atoms with Crippen LogP contribution in [0.2, 0.25) is 0 Å². The number of nitrogens with zero attached hydrogens (tertiary/aromatic N) is 1. The van der Waals surface area contributed by atoms with Crippen LogP contribution in [0.1, 0.15) is 16.7 Å². The van der Waals surface area contributed by atoms with E-state index in [1.807, 2.05) is 6.92 Å². The van der Waals surface area contributed by atoms with E-state index < -0.39 is 15.7 Å². The monoisotopic (exact) mass is 304 g/mol. The predicted molar refractivity (Wildman–Crippen MR) is 77.6 cm³/mol. The lowest BCUT2D eigenvalue weighted by molar-refractivity contribution is 0.595. The van der Waals surface area contributed by atoms with Crippen LogP contribution in [0.25, 0.3) is 0 Å². The molecule has 0 aliphatic carbocycles. The molecule has 0 unspecified atom stereocenters. The molecule has 2 rings (SSSR count). The highest BCUT2D eigenvalue weighted by Gasteiger charge is 2.19. The molecule has 6 heteroatoms. The van der Waals surface area contributed by atoms with E-state index >= 15 is 0 Å². The molecule has 0 bridgehead atoms. The van der Waals surface area contributed by atoms with Gasteiger partial charge in [-0.25, -0.2) is 12.8 Å². The largest absolute Gasteiger partial charge is 0.398 e. The molecule has 0 atom stereocenters. The minimum Gasteiger partial charge on any atom is -0.398 e. The van der Waals surface area contributed by atoms with Crippen LogP contribution >= 0.6 is 0 Å². The molecule has 0 amide bonds. The van der Waals surface area contributed by atoms with E-state index in [-0.39, 0.29) is 21.9 Å². The molecule has 2 aromatic rings. The maximum atomic E-state index is 13.2. The lowest BCUT2D eigenvalue weighted by Crippen LogP contribution is -2.08. The smallest absolute Gasteiger partial charge is 0.184 e. The fraction of sp³-hybridized carbons (Fsp3) is 0.133. The Kier molecular flexibility index (Phi) is 3.96.